The molecule has 1 aliphatic carbocycles. The molecule has 88 valence electrons. The minimum Gasteiger partial charge on any atom is -0.396 e. The molecule has 2 N–H and O–H groups in total. The van der Waals surface area contributed by atoms with Gasteiger partial charge in [0, 0.05) is 16.8 Å². The Balaban J connectivity index is 1.93. The third kappa shape index (κ3) is 2.28. The van der Waals surface area contributed by atoms with Gasteiger partial charge in [-0.15, -0.1) is 11.3 Å². The fraction of sp³-hybridized carbons (Fsp3) is 0.583. The SMILES string of the molecule is Cc1cc(C(=O)NCC2(CO)CC2)sc1C. The number of carbonyl (C=O) groups excluding carboxylic acids is 1. The van der Waals surface area contributed by atoms with E-state index in [0.717, 1.165) is 17.7 Å². The van der Waals surface area contributed by atoms with E-state index < -0.39 is 0 Å². The third-order valence-electron chi connectivity index (χ3n) is 3.31. The first-order chi connectivity index (χ1) is 7.56. The molecule has 1 amide bonds. The molecular formula is C12H17NO2S. The topological polar surface area (TPSA) is 49.3 Å². The van der Waals surface area contributed by atoms with Gasteiger partial charge in [0.15, 0.2) is 0 Å². The largest absolute Gasteiger partial charge is 0.396 e. The predicted molar refractivity (Wildman–Crippen MR) is 64.9 cm³/mol. The molecule has 1 aromatic rings. The van der Waals surface area contributed by atoms with Crippen LogP contribution < -0.4 is 5.32 Å². The standard InChI is InChI=1S/C12H17NO2S/c1-8-5-10(16-9(8)2)11(15)13-6-12(7-14)3-4-12/h5,14H,3-4,6-7H2,1-2H3,(H,13,15). The molecule has 16 heavy (non-hydrogen) atoms. The predicted octanol–water partition coefficient (Wildman–Crippen LogP) is 1.87. The molecule has 1 heterocycles. The van der Waals surface area contributed by atoms with Gasteiger partial charge in [0.25, 0.3) is 5.91 Å². The number of amides is 1. The minimum absolute atomic E-state index is 0.0130. The number of aliphatic hydroxyl groups excluding tert-OH is 1. The highest BCUT2D eigenvalue weighted by atomic mass is 32.1. The van der Waals surface area contributed by atoms with E-state index in [4.69, 9.17) is 5.11 Å². The highest BCUT2D eigenvalue weighted by Gasteiger charge is 2.42. The summed E-state index contributed by atoms with van der Waals surface area (Å²) in [5.41, 5.74) is 1.15. The molecule has 0 atom stereocenters. The second kappa shape index (κ2) is 4.18. The number of aliphatic hydroxyl groups is 1. The lowest BCUT2D eigenvalue weighted by Gasteiger charge is -2.11. The summed E-state index contributed by atoms with van der Waals surface area (Å²) in [6.45, 7) is 4.81. The first-order valence-electron chi connectivity index (χ1n) is 5.52. The summed E-state index contributed by atoms with van der Waals surface area (Å²) in [6, 6.07) is 1.92. The Kier molecular flexibility index (Phi) is 3.04. The molecule has 4 heteroatoms. The van der Waals surface area contributed by atoms with E-state index in [1.165, 1.54) is 21.8 Å². The van der Waals surface area contributed by atoms with E-state index in [1.54, 1.807) is 0 Å². The van der Waals surface area contributed by atoms with Crippen LogP contribution in [0.4, 0.5) is 0 Å². The molecule has 0 unspecified atom stereocenters. The number of carbonyl (C=O) groups is 1. The lowest BCUT2D eigenvalue weighted by atomic mass is 10.1. The summed E-state index contributed by atoms with van der Waals surface area (Å²) in [7, 11) is 0. The summed E-state index contributed by atoms with van der Waals surface area (Å²) in [4.78, 5) is 13.8. The molecule has 2 rings (SSSR count). The van der Waals surface area contributed by atoms with Gasteiger partial charge in [0.2, 0.25) is 0 Å². The van der Waals surface area contributed by atoms with Crippen LogP contribution in [0.1, 0.15) is 33.0 Å². The van der Waals surface area contributed by atoms with Crippen molar-refractivity contribution in [1.29, 1.82) is 0 Å². The number of nitrogens with one attached hydrogen (secondary N) is 1. The van der Waals surface area contributed by atoms with E-state index in [9.17, 15) is 4.79 Å². The average molecular weight is 239 g/mol. The Hall–Kier alpha value is -0.870. The Morgan fingerprint density at radius 1 is 1.56 bits per heavy atom. The van der Waals surface area contributed by atoms with Crippen LogP contribution in [0.3, 0.4) is 0 Å². The maximum absolute atomic E-state index is 11.8. The Bertz CT molecular complexity index is 388. The zero-order valence-corrected chi connectivity index (χ0v) is 10.5. The maximum atomic E-state index is 11.8. The van der Waals surface area contributed by atoms with Gasteiger partial charge in [0.1, 0.15) is 0 Å². The molecule has 1 aromatic heterocycles. The van der Waals surface area contributed by atoms with E-state index in [2.05, 4.69) is 5.32 Å². The molecule has 1 saturated carbocycles. The molecule has 0 saturated heterocycles. The first-order valence-corrected chi connectivity index (χ1v) is 6.34. The van der Waals surface area contributed by atoms with Crippen LogP contribution in [0.15, 0.2) is 6.07 Å². The van der Waals surface area contributed by atoms with Crippen LogP contribution in [0.25, 0.3) is 0 Å². The summed E-state index contributed by atoms with van der Waals surface area (Å²) >= 11 is 1.53. The molecule has 1 fully saturated rings. The second-order valence-corrected chi connectivity index (χ2v) is 5.95. The normalized spacial score (nSPS) is 17.2. The van der Waals surface area contributed by atoms with Crippen molar-refractivity contribution >= 4 is 17.2 Å². The molecule has 1 aliphatic rings. The highest BCUT2D eigenvalue weighted by molar-refractivity contribution is 7.14. The Morgan fingerprint density at radius 2 is 2.25 bits per heavy atom. The van der Waals surface area contributed by atoms with Crippen molar-refractivity contribution in [2.24, 2.45) is 5.41 Å². The lowest BCUT2D eigenvalue weighted by molar-refractivity contribution is 0.0939. The van der Waals surface area contributed by atoms with Gasteiger partial charge in [0.05, 0.1) is 11.5 Å². The Labute approximate surface area is 99.5 Å². The number of hydrogen-bond donors (Lipinski definition) is 2. The lowest BCUT2D eigenvalue weighted by Crippen LogP contribution is -2.31. The van der Waals surface area contributed by atoms with Crippen molar-refractivity contribution in [2.45, 2.75) is 26.7 Å². The van der Waals surface area contributed by atoms with Crippen molar-refractivity contribution < 1.29 is 9.90 Å². The van der Waals surface area contributed by atoms with Gasteiger partial charge in [-0.1, -0.05) is 0 Å². The van der Waals surface area contributed by atoms with Crippen LogP contribution in [0.5, 0.6) is 0 Å². The fourth-order valence-corrected chi connectivity index (χ4v) is 2.56. The quantitative estimate of drug-likeness (QED) is 0.842. The van der Waals surface area contributed by atoms with Crippen LogP contribution in [0, 0.1) is 19.3 Å². The van der Waals surface area contributed by atoms with E-state index in [1.807, 2.05) is 19.9 Å². The number of aryl methyl sites for hydroxylation is 2. The molecule has 3 nitrogen and oxygen atoms in total. The summed E-state index contributed by atoms with van der Waals surface area (Å²) in [6.07, 6.45) is 2.04. The maximum Gasteiger partial charge on any atom is 0.261 e. The van der Waals surface area contributed by atoms with Crippen LogP contribution in [-0.4, -0.2) is 24.2 Å². The number of rotatable bonds is 4. The van der Waals surface area contributed by atoms with Gasteiger partial charge in [-0.05, 0) is 38.3 Å². The monoisotopic (exact) mass is 239 g/mol. The molecule has 0 aromatic carbocycles. The molecule has 0 bridgehead atoms. The van der Waals surface area contributed by atoms with Crippen molar-refractivity contribution in [3.05, 3.63) is 21.4 Å². The molecule has 0 radical (unpaired) electrons. The van der Waals surface area contributed by atoms with E-state index in [0.29, 0.717) is 6.54 Å². The van der Waals surface area contributed by atoms with Crippen LogP contribution >= 0.6 is 11.3 Å². The number of hydrogen-bond acceptors (Lipinski definition) is 3. The summed E-state index contributed by atoms with van der Waals surface area (Å²) in [5.74, 6) is -0.0130. The average Bonchev–Trinajstić information content (AvgIpc) is 2.98. The van der Waals surface area contributed by atoms with Crippen molar-refractivity contribution in [2.75, 3.05) is 13.2 Å². The van der Waals surface area contributed by atoms with Gasteiger partial charge < -0.3 is 10.4 Å². The first kappa shape index (κ1) is 11.6. The van der Waals surface area contributed by atoms with Crippen molar-refractivity contribution in [3.63, 3.8) is 0 Å². The Morgan fingerprint density at radius 3 is 2.69 bits per heavy atom. The zero-order chi connectivity index (χ0) is 11.8. The summed E-state index contributed by atoms with van der Waals surface area (Å²) in [5, 5.41) is 12.0. The van der Waals surface area contributed by atoms with Crippen molar-refractivity contribution in [1.82, 2.24) is 5.32 Å². The zero-order valence-electron chi connectivity index (χ0n) is 9.67. The third-order valence-corrected chi connectivity index (χ3v) is 4.46. The fourth-order valence-electron chi connectivity index (χ4n) is 1.61. The molecular weight excluding hydrogens is 222 g/mol. The van der Waals surface area contributed by atoms with E-state index in [-0.39, 0.29) is 17.9 Å². The molecule has 0 spiro atoms. The van der Waals surface area contributed by atoms with Crippen molar-refractivity contribution in [3.8, 4) is 0 Å². The minimum atomic E-state index is -0.0169. The second-order valence-electron chi connectivity index (χ2n) is 4.69. The smallest absolute Gasteiger partial charge is 0.261 e. The van der Waals surface area contributed by atoms with Gasteiger partial charge in [-0.3, -0.25) is 4.79 Å². The highest BCUT2D eigenvalue weighted by Crippen LogP contribution is 2.44. The van der Waals surface area contributed by atoms with Crippen LogP contribution in [-0.2, 0) is 0 Å². The molecule has 0 aliphatic heterocycles. The van der Waals surface area contributed by atoms with Crippen LogP contribution in [0.2, 0.25) is 0 Å². The van der Waals surface area contributed by atoms with E-state index >= 15 is 0 Å². The summed E-state index contributed by atoms with van der Waals surface area (Å²) < 4.78 is 0. The number of thiophene rings is 1. The van der Waals surface area contributed by atoms with Gasteiger partial charge in [-0.2, -0.15) is 0 Å². The van der Waals surface area contributed by atoms with Gasteiger partial charge in [-0.25, -0.2) is 0 Å². The van der Waals surface area contributed by atoms with Gasteiger partial charge >= 0.3 is 0 Å².